The highest BCUT2D eigenvalue weighted by Gasteiger charge is 2.04. The summed E-state index contributed by atoms with van der Waals surface area (Å²) < 4.78 is 0. The van der Waals surface area contributed by atoms with Crippen molar-refractivity contribution < 1.29 is 4.79 Å². The Kier molecular flexibility index (Phi) is 4.34. The topological polar surface area (TPSA) is 77.0 Å². The van der Waals surface area contributed by atoms with Crippen LogP contribution in [0.5, 0.6) is 0 Å². The van der Waals surface area contributed by atoms with Gasteiger partial charge in [0.15, 0.2) is 0 Å². The molecule has 0 fully saturated rings. The van der Waals surface area contributed by atoms with E-state index in [9.17, 15) is 4.79 Å². The normalized spacial score (nSPS) is 9.65. The maximum Gasteiger partial charge on any atom is 0.318 e. The summed E-state index contributed by atoms with van der Waals surface area (Å²) in [5.74, 6) is 0. The molecule has 0 aliphatic rings. The van der Waals surface area contributed by atoms with Crippen molar-refractivity contribution in [3.63, 3.8) is 0 Å². The van der Waals surface area contributed by atoms with Gasteiger partial charge < -0.3 is 21.4 Å². The largest absolute Gasteiger partial charge is 0.355 e. The molecule has 0 radical (unpaired) electrons. The summed E-state index contributed by atoms with van der Waals surface area (Å²) in [6, 6.07) is 14.8. The Morgan fingerprint density at radius 2 is 1.85 bits per heavy atom. The molecule has 0 aliphatic heterocycles. The second-order valence-corrected chi connectivity index (χ2v) is 4.14. The molecular formula is C15H16N4O. The van der Waals surface area contributed by atoms with Gasteiger partial charge >= 0.3 is 6.03 Å². The smallest absolute Gasteiger partial charge is 0.318 e. The number of carbonyl (C=O) groups is 1. The van der Waals surface area contributed by atoms with Crippen molar-refractivity contribution in [2.24, 2.45) is 0 Å². The number of nitrogens with one attached hydrogen (secondary N) is 4. The molecule has 2 aromatic carbocycles. The van der Waals surface area contributed by atoms with E-state index < -0.39 is 0 Å². The van der Waals surface area contributed by atoms with E-state index in [1.165, 1.54) is 6.21 Å². The maximum atomic E-state index is 11.3. The van der Waals surface area contributed by atoms with E-state index in [4.69, 9.17) is 5.41 Å². The Morgan fingerprint density at radius 1 is 1.10 bits per heavy atom. The van der Waals surface area contributed by atoms with Gasteiger partial charge in [-0.15, -0.1) is 0 Å². The van der Waals surface area contributed by atoms with Crippen LogP contribution in [0.4, 0.5) is 21.9 Å². The van der Waals surface area contributed by atoms with E-state index in [1.54, 1.807) is 19.2 Å². The first-order chi connectivity index (χ1) is 9.72. The number of carbonyl (C=O) groups excluding carboxylic acids is 1. The van der Waals surface area contributed by atoms with E-state index in [2.05, 4.69) is 16.0 Å². The third-order valence-corrected chi connectivity index (χ3v) is 2.74. The maximum absolute atomic E-state index is 11.3. The standard InChI is InChI=1S/C15H16N4O/c1-17-15(20)19-13-7-8-14(11(9-13)10-16)18-12-5-3-2-4-6-12/h2-10,16,18H,1H3,(H2,17,19,20). The third kappa shape index (κ3) is 3.35. The lowest BCUT2D eigenvalue weighted by atomic mass is 10.1. The van der Waals surface area contributed by atoms with Crippen molar-refractivity contribution in [3.8, 4) is 0 Å². The summed E-state index contributed by atoms with van der Waals surface area (Å²) in [5, 5.41) is 15.9. The molecule has 5 heteroatoms. The Hall–Kier alpha value is -2.82. The Bertz CT molecular complexity index is 611. The number of amides is 2. The van der Waals surface area contributed by atoms with Crippen LogP contribution in [0.25, 0.3) is 0 Å². The fourth-order valence-corrected chi connectivity index (χ4v) is 1.74. The molecular weight excluding hydrogens is 252 g/mol. The molecule has 0 unspecified atom stereocenters. The van der Waals surface area contributed by atoms with Gasteiger partial charge in [0.1, 0.15) is 0 Å². The van der Waals surface area contributed by atoms with Gasteiger partial charge in [-0.25, -0.2) is 4.79 Å². The number of rotatable bonds is 4. The number of hydrogen-bond donors (Lipinski definition) is 4. The van der Waals surface area contributed by atoms with Crippen molar-refractivity contribution in [2.75, 3.05) is 17.7 Å². The highest BCUT2D eigenvalue weighted by molar-refractivity contribution is 5.93. The van der Waals surface area contributed by atoms with Gasteiger partial charge in [-0.1, -0.05) is 18.2 Å². The van der Waals surface area contributed by atoms with Gasteiger partial charge in [-0.2, -0.15) is 0 Å². The zero-order chi connectivity index (χ0) is 14.4. The van der Waals surface area contributed by atoms with E-state index in [-0.39, 0.29) is 6.03 Å². The van der Waals surface area contributed by atoms with Crippen LogP contribution in [0.2, 0.25) is 0 Å². The van der Waals surface area contributed by atoms with E-state index in [0.29, 0.717) is 11.3 Å². The molecule has 2 rings (SSSR count). The molecule has 0 spiro atoms. The average Bonchev–Trinajstić information content (AvgIpc) is 2.49. The van der Waals surface area contributed by atoms with Crippen molar-refractivity contribution >= 4 is 29.3 Å². The molecule has 102 valence electrons. The van der Waals surface area contributed by atoms with Crippen LogP contribution < -0.4 is 16.0 Å². The molecule has 0 heterocycles. The Morgan fingerprint density at radius 3 is 2.50 bits per heavy atom. The minimum Gasteiger partial charge on any atom is -0.355 e. The molecule has 5 nitrogen and oxygen atoms in total. The fraction of sp³-hybridized carbons (Fsp3) is 0.0667. The number of anilines is 3. The van der Waals surface area contributed by atoms with E-state index >= 15 is 0 Å². The Labute approximate surface area is 117 Å². The van der Waals surface area contributed by atoms with Crippen LogP contribution in [0.15, 0.2) is 48.5 Å². The highest BCUT2D eigenvalue weighted by atomic mass is 16.2. The first kappa shape index (κ1) is 13.6. The van der Waals surface area contributed by atoms with Crippen molar-refractivity contribution in [1.29, 1.82) is 5.41 Å². The molecule has 2 aromatic rings. The quantitative estimate of drug-likeness (QED) is 0.643. The lowest BCUT2D eigenvalue weighted by Gasteiger charge is -2.11. The van der Waals surface area contributed by atoms with Crippen LogP contribution in [0.3, 0.4) is 0 Å². The summed E-state index contributed by atoms with van der Waals surface area (Å²) in [4.78, 5) is 11.3. The molecule has 0 bridgehead atoms. The lowest BCUT2D eigenvalue weighted by Crippen LogP contribution is -2.24. The van der Waals surface area contributed by atoms with Gasteiger partial charge in [-0.3, -0.25) is 0 Å². The average molecular weight is 268 g/mol. The van der Waals surface area contributed by atoms with Crippen molar-refractivity contribution in [1.82, 2.24) is 5.32 Å². The second-order valence-electron chi connectivity index (χ2n) is 4.14. The SMILES string of the molecule is CNC(=O)Nc1ccc(Nc2ccccc2)c(C=N)c1. The molecule has 0 aliphatic carbocycles. The number of urea groups is 1. The predicted molar refractivity (Wildman–Crippen MR) is 82.1 cm³/mol. The van der Waals surface area contributed by atoms with Gasteiger partial charge in [0.05, 0.1) is 0 Å². The third-order valence-electron chi connectivity index (χ3n) is 2.74. The second kappa shape index (κ2) is 6.38. The van der Waals surface area contributed by atoms with Crippen LogP contribution >= 0.6 is 0 Å². The summed E-state index contributed by atoms with van der Waals surface area (Å²) in [6.45, 7) is 0. The van der Waals surface area contributed by atoms with Gasteiger partial charge in [0.2, 0.25) is 0 Å². The minimum absolute atomic E-state index is 0.287. The van der Waals surface area contributed by atoms with Crippen LogP contribution in [0, 0.1) is 5.41 Å². The minimum atomic E-state index is -0.287. The first-order valence-corrected chi connectivity index (χ1v) is 6.18. The van der Waals surface area contributed by atoms with Crippen LogP contribution in [-0.2, 0) is 0 Å². The number of hydrogen-bond acceptors (Lipinski definition) is 3. The summed E-state index contributed by atoms with van der Waals surface area (Å²) in [5.41, 5.74) is 3.10. The van der Waals surface area contributed by atoms with Crippen molar-refractivity contribution in [2.45, 2.75) is 0 Å². The number of para-hydroxylation sites is 1. The lowest BCUT2D eigenvalue weighted by molar-refractivity contribution is 0.254. The van der Waals surface area contributed by atoms with Gasteiger partial charge in [0, 0.05) is 35.9 Å². The molecule has 0 aromatic heterocycles. The molecule has 2 amide bonds. The predicted octanol–water partition coefficient (Wildman–Crippen LogP) is 3.18. The zero-order valence-corrected chi connectivity index (χ0v) is 11.1. The number of benzene rings is 2. The summed E-state index contributed by atoms with van der Waals surface area (Å²) >= 11 is 0. The molecule has 0 saturated heterocycles. The van der Waals surface area contributed by atoms with E-state index in [0.717, 1.165) is 11.4 Å². The van der Waals surface area contributed by atoms with Gasteiger partial charge in [0.25, 0.3) is 0 Å². The summed E-state index contributed by atoms with van der Waals surface area (Å²) in [6.07, 6.45) is 1.25. The van der Waals surface area contributed by atoms with E-state index in [1.807, 2.05) is 36.4 Å². The molecule has 4 N–H and O–H groups in total. The van der Waals surface area contributed by atoms with Crippen molar-refractivity contribution in [3.05, 3.63) is 54.1 Å². The van der Waals surface area contributed by atoms with Crippen LogP contribution in [0.1, 0.15) is 5.56 Å². The Balaban J connectivity index is 2.22. The highest BCUT2D eigenvalue weighted by Crippen LogP contribution is 2.23. The zero-order valence-electron chi connectivity index (χ0n) is 11.1. The molecule has 0 atom stereocenters. The molecule has 20 heavy (non-hydrogen) atoms. The fourth-order valence-electron chi connectivity index (χ4n) is 1.74. The van der Waals surface area contributed by atoms with Gasteiger partial charge in [-0.05, 0) is 30.3 Å². The first-order valence-electron chi connectivity index (χ1n) is 6.18. The summed E-state index contributed by atoms with van der Waals surface area (Å²) in [7, 11) is 1.55. The monoisotopic (exact) mass is 268 g/mol. The molecule has 0 saturated carbocycles. The van der Waals surface area contributed by atoms with Crippen LogP contribution in [-0.4, -0.2) is 19.3 Å².